The summed E-state index contributed by atoms with van der Waals surface area (Å²) in [5, 5.41) is 31.3. The highest BCUT2D eigenvalue weighted by Crippen LogP contribution is 2.55. The van der Waals surface area contributed by atoms with Crippen LogP contribution in [0, 0.1) is 11.8 Å². The van der Waals surface area contributed by atoms with Gasteiger partial charge in [-0.1, -0.05) is 26.8 Å². The molecule has 2 aliphatic heterocycles. The number of aliphatic hydroxyl groups is 1. The van der Waals surface area contributed by atoms with Crippen molar-refractivity contribution >= 4 is 5.97 Å². The van der Waals surface area contributed by atoms with Gasteiger partial charge in [-0.2, -0.15) is 0 Å². The van der Waals surface area contributed by atoms with Gasteiger partial charge < -0.3 is 20.1 Å². The topological polar surface area (TPSA) is 90.2 Å². The van der Waals surface area contributed by atoms with Crippen molar-refractivity contribution in [2.45, 2.75) is 76.9 Å². The van der Waals surface area contributed by atoms with E-state index in [-0.39, 0.29) is 34.5 Å². The van der Waals surface area contributed by atoms with Gasteiger partial charge in [-0.25, -0.2) is 0 Å². The molecular weight excluding hydrogens is 406 g/mol. The number of phenols is 1. The molecule has 2 unspecified atom stereocenters. The summed E-state index contributed by atoms with van der Waals surface area (Å²) in [6, 6.07) is 3.93. The van der Waals surface area contributed by atoms with Crippen LogP contribution in [0.1, 0.15) is 70.9 Å². The molecule has 3 aliphatic rings. The van der Waals surface area contributed by atoms with E-state index in [0.29, 0.717) is 32.5 Å². The van der Waals surface area contributed by atoms with Crippen LogP contribution >= 0.6 is 0 Å². The largest absolute Gasteiger partial charge is 0.508 e. The lowest BCUT2D eigenvalue weighted by molar-refractivity contribution is -0.141. The van der Waals surface area contributed by atoms with E-state index in [9.17, 15) is 20.1 Å². The third kappa shape index (κ3) is 4.27. The Morgan fingerprint density at radius 3 is 2.66 bits per heavy atom. The van der Waals surface area contributed by atoms with Crippen LogP contribution < -0.4 is 4.74 Å². The number of hydrogen-bond acceptors (Lipinski definition) is 5. The highest BCUT2D eigenvalue weighted by atomic mass is 16.5. The Bertz CT molecular complexity index is 929. The predicted molar refractivity (Wildman–Crippen MR) is 123 cm³/mol. The Kier molecular flexibility index (Phi) is 5.83. The molecule has 0 bridgehead atoms. The lowest BCUT2D eigenvalue weighted by Gasteiger charge is -2.48. The summed E-state index contributed by atoms with van der Waals surface area (Å²) in [6.45, 7) is 12.2. The molecule has 32 heavy (non-hydrogen) atoms. The van der Waals surface area contributed by atoms with Gasteiger partial charge in [0, 0.05) is 30.5 Å². The molecule has 6 heteroatoms. The molecule has 1 aromatic rings. The lowest BCUT2D eigenvalue weighted by atomic mass is 9.66. The summed E-state index contributed by atoms with van der Waals surface area (Å²) in [5.41, 5.74) is 2.39. The molecule has 2 heterocycles. The van der Waals surface area contributed by atoms with Crippen LogP contribution in [0.5, 0.6) is 11.5 Å². The van der Waals surface area contributed by atoms with Gasteiger partial charge in [0.05, 0.1) is 12.0 Å². The summed E-state index contributed by atoms with van der Waals surface area (Å²) in [5.74, 6) is 0.207. The van der Waals surface area contributed by atoms with Crippen LogP contribution in [0.4, 0.5) is 0 Å². The summed E-state index contributed by atoms with van der Waals surface area (Å²) in [7, 11) is 0. The normalized spacial score (nSPS) is 28.3. The van der Waals surface area contributed by atoms with Crippen LogP contribution in [0.2, 0.25) is 0 Å². The van der Waals surface area contributed by atoms with Gasteiger partial charge in [0.15, 0.2) is 0 Å². The number of allylic oxidation sites excluding steroid dienone is 1. The SMILES string of the molecule is CC(C)(C)c1cc(O)c2c(c1)OC(C)(C)[C@@H]1CC=C(C(O)CN3CCC(C(=O)O)C3)C[C@@H]21. The first kappa shape index (κ1) is 23.1. The van der Waals surface area contributed by atoms with Crippen LogP contribution in [0.3, 0.4) is 0 Å². The fourth-order valence-corrected chi connectivity index (χ4v) is 5.69. The summed E-state index contributed by atoms with van der Waals surface area (Å²) in [4.78, 5) is 13.3. The van der Waals surface area contributed by atoms with E-state index in [0.717, 1.165) is 28.9 Å². The standard InChI is InChI=1S/C26H37NO5/c1-25(2,3)17-11-20(28)23-18-10-15(6-7-19(18)26(4,5)32-22(23)12-17)21(29)14-27-9-8-16(13-27)24(30)31/h6,11-12,16,18-19,21,28-29H,7-10,13-14H2,1-5H3,(H,30,31)/t16?,18-,19-,21?/m1/s1. The number of fused-ring (bicyclic) bond motifs is 3. The lowest BCUT2D eigenvalue weighted by Crippen LogP contribution is -2.46. The van der Waals surface area contributed by atoms with E-state index >= 15 is 0 Å². The molecule has 1 aliphatic carbocycles. The van der Waals surface area contributed by atoms with E-state index in [2.05, 4.69) is 46.8 Å². The summed E-state index contributed by atoms with van der Waals surface area (Å²) in [6.07, 6.45) is 3.59. The maximum atomic E-state index is 11.3. The zero-order valence-electron chi connectivity index (χ0n) is 19.9. The molecule has 0 spiro atoms. The second-order valence-electron chi connectivity index (χ2n) is 11.4. The van der Waals surface area contributed by atoms with Crippen molar-refractivity contribution in [3.63, 3.8) is 0 Å². The number of nitrogens with zero attached hydrogens (tertiary/aromatic N) is 1. The molecule has 1 fully saturated rings. The third-order valence-electron chi connectivity index (χ3n) is 7.68. The fraction of sp³-hybridized carbons (Fsp3) is 0.654. The van der Waals surface area contributed by atoms with E-state index in [1.165, 1.54) is 0 Å². The van der Waals surface area contributed by atoms with Gasteiger partial charge in [-0.05, 0) is 68.3 Å². The number of hydrogen-bond donors (Lipinski definition) is 3. The molecule has 4 atom stereocenters. The molecule has 176 valence electrons. The molecule has 6 nitrogen and oxygen atoms in total. The highest BCUT2D eigenvalue weighted by molar-refractivity contribution is 5.70. The van der Waals surface area contributed by atoms with Gasteiger partial charge in [0.25, 0.3) is 0 Å². The van der Waals surface area contributed by atoms with Gasteiger partial charge in [-0.15, -0.1) is 0 Å². The number of carboxylic acid groups (broad SMARTS) is 1. The first-order valence-electron chi connectivity index (χ1n) is 11.8. The number of phenolic OH excluding ortho intramolecular Hbond substituents is 1. The van der Waals surface area contributed by atoms with E-state index in [4.69, 9.17) is 4.74 Å². The minimum Gasteiger partial charge on any atom is -0.508 e. The average molecular weight is 444 g/mol. The van der Waals surface area contributed by atoms with Crippen molar-refractivity contribution in [1.29, 1.82) is 0 Å². The van der Waals surface area contributed by atoms with Crippen molar-refractivity contribution in [2.75, 3.05) is 19.6 Å². The second-order valence-corrected chi connectivity index (χ2v) is 11.4. The zero-order chi connectivity index (χ0) is 23.4. The van der Waals surface area contributed by atoms with Gasteiger partial charge in [0.1, 0.15) is 17.1 Å². The Hall–Kier alpha value is -2.05. The number of ether oxygens (including phenoxy) is 1. The third-order valence-corrected chi connectivity index (χ3v) is 7.68. The van der Waals surface area contributed by atoms with Crippen molar-refractivity contribution in [1.82, 2.24) is 4.90 Å². The number of carbonyl (C=O) groups is 1. The van der Waals surface area contributed by atoms with Crippen molar-refractivity contribution < 1.29 is 24.9 Å². The number of aliphatic carboxylic acids is 1. The maximum absolute atomic E-state index is 11.3. The molecule has 1 saturated heterocycles. The van der Waals surface area contributed by atoms with Crippen molar-refractivity contribution in [3.05, 3.63) is 34.9 Å². The monoisotopic (exact) mass is 443 g/mol. The molecule has 0 saturated carbocycles. The number of carboxylic acids is 1. The highest BCUT2D eigenvalue weighted by Gasteiger charge is 2.47. The molecule has 0 aromatic heterocycles. The first-order chi connectivity index (χ1) is 14.9. The molecular formula is C26H37NO5. The van der Waals surface area contributed by atoms with Crippen LogP contribution in [0.25, 0.3) is 0 Å². The molecule has 1 aromatic carbocycles. The molecule has 0 amide bonds. The Labute approximate surface area is 190 Å². The second kappa shape index (κ2) is 8.07. The molecule has 4 rings (SSSR count). The number of aromatic hydroxyl groups is 1. The number of rotatable bonds is 4. The summed E-state index contributed by atoms with van der Waals surface area (Å²) < 4.78 is 6.43. The first-order valence-corrected chi connectivity index (χ1v) is 11.8. The van der Waals surface area contributed by atoms with E-state index < -0.39 is 12.1 Å². The van der Waals surface area contributed by atoms with Gasteiger partial charge in [0.2, 0.25) is 0 Å². The average Bonchev–Trinajstić information content (AvgIpc) is 3.14. The fourth-order valence-electron chi connectivity index (χ4n) is 5.69. The smallest absolute Gasteiger partial charge is 0.307 e. The Morgan fingerprint density at radius 1 is 1.31 bits per heavy atom. The van der Waals surface area contributed by atoms with E-state index in [1.807, 2.05) is 11.0 Å². The Balaban J connectivity index is 1.58. The van der Waals surface area contributed by atoms with Crippen molar-refractivity contribution in [2.24, 2.45) is 11.8 Å². The van der Waals surface area contributed by atoms with Crippen molar-refractivity contribution in [3.8, 4) is 11.5 Å². The van der Waals surface area contributed by atoms with Crippen LogP contribution in [0.15, 0.2) is 23.8 Å². The quantitative estimate of drug-likeness (QED) is 0.609. The minimum absolute atomic E-state index is 0.0720. The number of β-amino-alcohol motifs (C(OH)–C–C–N with tert-alkyl or cyclic N) is 1. The molecule has 0 radical (unpaired) electrons. The Morgan fingerprint density at radius 2 is 2.03 bits per heavy atom. The van der Waals surface area contributed by atoms with E-state index in [1.54, 1.807) is 0 Å². The zero-order valence-corrected chi connectivity index (χ0v) is 19.9. The number of likely N-dealkylation sites (tertiary alicyclic amines) is 1. The van der Waals surface area contributed by atoms with Crippen LogP contribution in [-0.4, -0.2) is 57.5 Å². The van der Waals surface area contributed by atoms with Gasteiger partial charge in [-0.3, -0.25) is 9.69 Å². The molecule has 3 N–H and O–H groups in total. The summed E-state index contributed by atoms with van der Waals surface area (Å²) >= 11 is 0. The minimum atomic E-state index is -0.757. The van der Waals surface area contributed by atoms with Crippen LogP contribution in [-0.2, 0) is 10.2 Å². The number of aliphatic hydroxyl groups excluding tert-OH is 1. The predicted octanol–water partition coefficient (Wildman–Crippen LogP) is 4.05. The van der Waals surface area contributed by atoms with Gasteiger partial charge >= 0.3 is 5.97 Å². The number of benzene rings is 1. The maximum Gasteiger partial charge on any atom is 0.307 e.